The minimum Gasteiger partial charge on any atom is -0.366 e. The van der Waals surface area contributed by atoms with Gasteiger partial charge >= 0.3 is 0 Å². The molecule has 6 heteroatoms. The van der Waals surface area contributed by atoms with Crippen LogP contribution in [0.15, 0.2) is 10.5 Å². The normalized spacial score (nSPS) is 11.0. The Morgan fingerprint density at radius 1 is 1.62 bits per heavy atom. The average Bonchev–Trinajstić information content (AvgIpc) is 2.44. The predicted molar refractivity (Wildman–Crippen MR) is 49.8 cm³/mol. The van der Waals surface area contributed by atoms with Gasteiger partial charge in [0.05, 0.1) is 5.69 Å². The molecule has 0 unspecified atom stereocenters. The molecule has 0 saturated heterocycles. The summed E-state index contributed by atoms with van der Waals surface area (Å²) in [6.45, 7) is 1.80. The molecule has 0 aromatic carbocycles. The van der Waals surface area contributed by atoms with E-state index >= 15 is 0 Å². The molecule has 2 heterocycles. The van der Waals surface area contributed by atoms with Gasteiger partial charge in [-0.3, -0.25) is 0 Å². The molecule has 2 rings (SSSR count). The molecule has 2 aromatic rings. The lowest BCUT2D eigenvalue weighted by atomic mass is 10.4. The highest BCUT2D eigenvalue weighted by Gasteiger charge is 2.10. The SMILES string of the molecule is Cc1c(Br)cc(F)c2nc(N)nn12. The van der Waals surface area contributed by atoms with E-state index < -0.39 is 5.82 Å². The Bertz CT molecular complexity index is 479. The van der Waals surface area contributed by atoms with Crippen molar-refractivity contribution in [3.63, 3.8) is 0 Å². The van der Waals surface area contributed by atoms with Crippen LogP contribution < -0.4 is 5.73 Å². The number of hydrogen-bond donors (Lipinski definition) is 1. The van der Waals surface area contributed by atoms with Crippen molar-refractivity contribution in [2.75, 3.05) is 5.73 Å². The van der Waals surface area contributed by atoms with Crippen LogP contribution in [0.5, 0.6) is 0 Å². The monoisotopic (exact) mass is 244 g/mol. The molecule has 0 saturated carbocycles. The largest absolute Gasteiger partial charge is 0.366 e. The predicted octanol–water partition coefficient (Wildman–Crippen LogP) is 1.52. The first-order valence-corrected chi connectivity index (χ1v) is 4.36. The van der Waals surface area contributed by atoms with Crippen molar-refractivity contribution in [3.8, 4) is 0 Å². The van der Waals surface area contributed by atoms with Gasteiger partial charge in [-0.05, 0) is 28.9 Å². The number of rotatable bonds is 0. The lowest BCUT2D eigenvalue weighted by molar-refractivity contribution is 0.624. The van der Waals surface area contributed by atoms with E-state index in [1.807, 2.05) is 0 Å². The van der Waals surface area contributed by atoms with Crippen LogP contribution in [0.4, 0.5) is 10.3 Å². The van der Waals surface area contributed by atoms with Crippen molar-refractivity contribution in [1.29, 1.82) is 0 Å². The van der Waals surface area contributed by atoms with E-state index in [1.54, 1.807) is 6.92 Å². The summed E-state index contributed by atoms with van der Waals surface area (Å²) in [6.07, 6.45) is 0. The Balaban J connectivity index is 2.95. The molecule has 2 N–H and O–H groups in total. The van der Waals surface area contributed by atoms with Gasteiger partial charge in [0, 0.05) is 4.47 Å². The molecule has 0 fully saturated rings. The zero-order chi connectivity index (χ0) is 9.59. The minimum absolute atomic E-state index is 0.0695. The van der Waals surface area contributed by atoms with Crippen LogP contribution in [0.2, 0.25) is 0 Å². The summed E-state index contributed by atoms with van der Waals surface area (Å²) in [7, 11) is 0. The number of pyridine rings is 1. The van der Waals surface area contributed by atoms with Crippen LogP contribution in [0.25, 0.3) is 5.65 Å². The Morgan fingerprint density at radius 3 is 3.00 bits per heavy atom. The van der Waals surface area contributed by atoms with Crippen LogP contribution >= 0.6 is 15.9 Å². The number of anilines is 1. The highest BCUT2D eigenvalue weighted by molar-refractivity contribution is 9.10. The van der Waals surface area contributed by atoms with Crippen molar-refractivity contribution in [1.82, 2.24) is 14.6 Å². The molecule has 0 aliphatic rings. The van der Waals surface area contributed by atoms with Crippen LogP contribution in [-0.2, 0) is 0 Å². The summed E-state index contributed by atoms with van der Waals surface area (Å²) in [5, 5.41) is 3.85. The molecular weight excluding hydrogens is 239 g/mol. The van der Waals surface area contributed by atoms with Crippen LogP contribution in [0.1, 0.15) is 5.69 Å². The number of nitrogen functional groups attached to an aromatic ring is 1. The van der Waals surface area contributed by atoms with E-state index in [9.17, 15) is 4.39 Å². The van der Waals surface area contributed by atoms with Crippen molar-refractivity contribution in [2.24, 2.45) is 0 Å². The molecule has 4 nitrogen and oxygen atoms in total. The summed E-state index contributed by atoms with van der Waals surface area (Å²) in [6, 6.07) is 1.35. The summed E-state index contributed by atoms with van der Waals surface area (Å²) in [5.41, 5.74) is 6.27. The smallest absolute Gasteiger partial charge is 0.240 e. The number of fused-ring (bicyclic) bond motifs is 1. The van der Waals surface area contributed by atoms with Gasteiger partial charge < -0.3 is 5.73 Å². The van der Waals surface area contributed by atoms with Gasteiger partial charge in [0.2, 0.25) is 5.95 Å². The maximum absolute atomic E-state index is 13.2. The van der Waals surface area contributed by atoms with Crippen molar-refractivity contribution in [3.05, 3.63) is 22.1 Å². The van der Waals surface area contributed by atoms with Crippen LogP contribution in [-0.4, -0.2) is 14.6 Å². The molecule has 0 spiro atoms. The average molecular weight is 245 g/mol. The number of nitrogens with zero attached hydrogens (tertiary/aromatic N) is 3. The molecule has 0 radical (unpaired) electrons. The first-order valence-electron chi connectivity index (χ1n) is 3.56. The fraction of sp³-hybridized carbons (Fsp3) is 0.143. The number of hydrogen-bond acceptors (Lipinski definition) is 3. The van der Waals surface area contributed by atoms with Gasteiger partial charge in [0.25, 0.3) is 0 Å². The molecule has 0 amide bonds. The molecule has 68 valence electrons. The first-order chi connectivity index (χ1) is 6.09. The summed E-state index contributed by atoms with van der Waals surface area (Å²) < 4.78 is 15.2. The molecule has 0 aliphatic heterocycles. The minimum atomic E-state index is -0.443. The zero-order valence-corrected chi connectivity index (χ0v) is 8.34. The lowest BCUT2D eigenvalue weighted by Crippen LogP contribution is -1.97. The Labute approximate surface area is 81.7 Å². The lowest BCUT2D eigenvalue weighted by Gasteiger charge is -2.00. The fourth-order valence-electron chi connectivity index (χ4n) is 1.10. The molecule has 13 heavy (non-hydrogen) atoms. The highest BCUT2D eigenvalue weighted by atomic mass is 79.9. The Kier molecular flexibility index (Phi) is 1.73. The van der Waals surface area contributed by atoms with Gasteiger partial charge in [-0.15, -0.1) is 5.10 Å². The fourth-order valence-corrected chi connectivity index (χ4v) is 1.47. The third kappa shape index (κ3) is 1.17. The van der Waals surface area contributed by atoms with Crippen LogP contribution in [0.3, 0.4) is 0 Å². The van der Waals surface area contributed by atoms with E-state index in [1.165, 1.54) is 10.6 Å². The van der Waals surface area contributed by atoms with Gasteiger partial charge in [0.15, 0.2) is 11.5 Å². The standard InChI is InChI=1S/C7H6BrFN4/c1-3-4(8)2-5(9)6-11-7(10)12-13(3)6/h2H,1H3,(H2,10,12). The molecular formula is C7H6BrFN4. The highest BCUT2D eigenvalue weighted by Crippen LogP contribution is 2.20. The van der Waals surface area contributed by atoms with Gasteiger partial charge in [-0.1, -0.05) is 0 Å². The summed E-state index contributed by atoms with van der Waals surface area (Å²) in [5.74, 6) is -0.373. The van der Waals surface area contributed by atoms with Crippen molar-refractivity contribution in [2.45, 2.75) is 6.92 Å². The second kappa shape index (κ2) is 2.66. The third-order valence-corrected chi connectivity index (χ3v) is 2.56. The van der Waals surface area contributed by atoms with Crippen molar-refractivity contribution < 1.29 is 4.39 Å². The molecule has 0 bridgehead atoms. The number of halogens is 2. The number of nitrogens with two attached hydrogens (primary N) is 1. The third-order valence-electron chi connectivity index (χ3n) is 1.75. The van der Waals surface area contributed by atoms with E-state index in [0.717, 1.165) is 5.69 Å². The van der Waals surface area contributed by atoms with E-state index in [0.29, 0.717) is 4.47 Å². The topological polar surface area (TPSA) is 56.2 Å². The summed E-state index contributed by atoms with van der Waals surface area (Å²) in [4.78, 5) is 3.75. The van der Waals surface area contributed by atoms with Crippen molar-refractivity contribution >= 4 is 27.5 Å². The summed E-state index contributed by atoms with van der Waals surface area (Å²) >= 11 is 3.21. The number of aryl methyl sites for hydroxylation is 1. The first kappa shape index (κ1) is 8.43. The Morgan fingerprint density at radius 2 is 2.31 bits per heavy atom. The molecule has 0 atom stereocenters. The maximum Gasteiger partial charge on any atom is 0.240 e. The van der Waals surface area contributed by atoms with Gasteiger partial charge in [-0.25, -0.2) is 8.91 Å². The second-order valence-corrected chi connectivity index (χ2v) is 3.49. The molecule has 2 aromatic heterocycles. The zero-order valence-electron chi connectivity index (χ0n) is 6.75. The van der Waals surface area contributed by atoms with Crippen LogP contribution in [0, 0.1) is 12.7 Å². The maximum atomic E-state index is 13.2. The molecule has 0 aliphatic carbocycles. The second-order valence-electron chi connectivity index (χ2n) is 2.63. The van der Waals surface area contributed by atoms with Gasteiger partial charge in [0.1, 0.15) is 0 Å². The van der Waals surface area contributed by atoms with E-state index in [-0.39, 0.29) is 11.6 Å². The van der Waals surface area contributed by atoms with Gasteiger partial charge in [-0.2, -0.15) is 4.98 Å². The van der Waals surface area contributed by atoms with E-state index in [2.05, 4.69) is 26.0 Å². The van der Waals surface area contributed by atoms with E-state index in [4.69, 9.17) is 5.73 Å². The quantitative estimate of drug-likeness (QED) is 0.765. The Hall–Kier alpha value is -1.17. The number of aromatic nitrogens is 3.